The maximum absolute atomic E-state index is 12.3. The number of nitrogens with one attached hydrogen (secondary N) is 1. The van der Waals surface area contributed by atoms with Crippen LogP contribution in [0.15, 0.2) is 29.1 Å². The van der Waals surface area contributed by atoms with Crippen molar-refractivity contribution in [2.45, 2.75) is 38.3 Å². The Bertz CT molecular complexity index is 904. The first-order valence-corrected chi connectivity index (χ1v) is 10.4. The van der Waals surface area contributed by atoms with Crippen molar-refractivity contribution >= 4 is 35.0 Å². The predicted octanol–water partition coefficient (Wildman–Crippen LogP) is 3.51. The lowest BCUT2D eigenvalue weighted by Crippen LogP contribution is -2.42. The second-order valence-electron chi connectivity index (χ2n) is 7.50. The molecule has 0 radical (unpaired) electrons. The van der Waals surface area contributed by atoms with E-state index >= 15 is 0 Å². The summed E-state index contributed by atoms with van der Waals surface area (Å²) in [6, 6.07) is 7.60. The lowest BCUT2D eigenvalue weighted by atomic mass is 10.0. The maximum Gasteiger partial charge on any atom is 0.254 e. The van der Waals surface area contributed by atoms with Crippen molar-refractivity contribution < 1.29 is 4.74 Å². The van der Waals surface area contributed by atoms with Crippen molar-refractivity contribution in [3.8, 4) is 0 Å². The Morgan fingerprint density at radius 1 is 1.25 bits per heavy atom. The van der Waals surface area contributed by atoms with E-state index in [0.29, 0.717) is 28.4 Å². The van der Waals surface area contributed by atoms with Gasteiger partial charge in [-0.05, 0) is 43.9 Å². The van der Waals surface area contributed by atoms with Gasteiger partial charge < -0.3 is 14.5 Å². The predicted molar refractivity (Wildman–Crippen MR) is 113 cm³/mol. The third-order valence-electron chi connectivity index (χ3n) is 5.39. The van der Waals surface area contributed by atoms with E-state index in [-0.39, 0.29) is 17.7 Å². The van der Waals surface area contributed by atoms with Gasteiger partial charge in [0.25, 0.3) is 5.56 Å². The summed E-state index contributed by atoms with van der Waals surface area (Å²) in [5.41, 5.74) is 1.01. The maximum atomic E-state index is 12.3. The second kappa shape index (κ2) is 8.31. The molecule has 150 valence electrons. The number of morpholine rings is 1. The van der Waals surface area contributed by atoms with E-state index in [4.69, 9.17) is 32.9 Å². The number of aromatic nitrogens is 2. The van der Waals surface area contributed by atoms with E-state index in [1.807, 2.05) is 25.1 Å². The molecule has 4 rings (SSSR count). The van der Waals surface area contributed by atoms with Gasteiger partial charge in [-0.15, -0.1) is 0 Å². The molecule has 0 unspecified atom stereocenters. The fourth-order valence-corrected chi connectivity index (χ4v) is 4.34. The molecule has 1 N–H and O–H groups in total. The van der Waals surface area contributed by atoms with Crippen LogP contribution in [0.4, 0.5) is 11.8 Å². The molecule has 2 aliphatic rings. The highest BCUT2D eigenvalue weighted by atomic mass is 35.5. The standard InChI is InChI=1S/C20H24Cl2N4O2/c1-13-12-25(7-8-28-13)18-11-19(27)24-20(23-18)26-6-2-3-15(26)9-14-4-5-16(21)17(22)10-14/h4-5,10-11,13,15H,2-3,6-9,12H2,1H3,(H,23,24,27)/t13-,15+/m1/s1. The molecular weight excluding hydrogens is 399 g/mol. The van der Waals surface area contributed by atoms with Crippen molar-refractivity contribution in [3.63, 3.8) is 0 Å². The molecule has 8 heteroatoms. The summed E-state index contributed by atoms with van der Waals surface area (Å²) in [7, 11) is 0. The molecule has 2 saturated heterocycles. The topological polar surface area (TPSA) is 61.5 Å². The van der Waals surface area contributed by atoms with Crippen LogP contribution in [-0.2, 0) is 11.2 Å². The zero-order valence-corrected chi connectivity index (χ0v) is 17.3. The number of halogens is 2. The highest BCUT2D eigenvalue weighted by Crippen LogP contribution is 2.28. The molecule has 0 bridgehead atoms. The highest BCUT2D eigenvalue weighted by molar-refractivity contribution is 6.42. The highest BCUT2D eigenvalue weighted by Gasteiger charge is 2.28. The number of benzene rings is 1. The zero-order chi connectivity index (χ0) is 19.7. The molecule has 2 aromatic rings. The molecule has 2 aliphatic heterocycles. The summed E-state index contributed by atoms with van der Waals surface area (Å²) in [6.45, 7) is 5.04. The van der Waals surface area contributed by atoms with Crippen LogP contribution in [-0.4, -0.2) is 48.4 Å². The molecule has 1 aromatic heterocycles. The lowest BCUT2D eigenvalue weighted by Gasteiger charge is -2.33. The van der Waals surface area contributed by atoms with Gasteiger partial charge in [0.05, 0.1) is 22.8 Å². The third kappa shape index (κ3) is 4.29. The van der Waals surface area contributed by atoms with Crippen LogP contribution in [0.5, 0.6) is 0 Å². The zero-order valence-electron chi connectivity index (χ0n) is 15.8. The normalized spacial score (nSPS) is 22.7. The first-order valence-electron chi connectivity index (χ1n) is 9.68. The number of H-pyrrole nitrogens is 1. The van der Waals surface area contributed by atoms with Crippen LogP contribution in [0, 0.1) is 0 Å². The number of rotatable bonds is 4. The van der Waals surface area contributed by atoms with Crippen LogP contribution >= 0.6 is 23.2 Å². The molecule has 6 nitrogen and oxygen atoms in total. The van der Waals surface area contributed by atoms with Crippen molar-refractivity contribution in [1.29, 1.82) is 0 Å². The van der Waals surface area contributed by atoms with E-state index < -0.39 is 0 Å². The van der Waals surface area contributed by atoms with Gasteiger partial charge in [-0.3, -0.25) is 9.78 Å². The van der Waals surface area contributed by atoms with E-state index in [1.54, 1.807) is 6.07 Å². The van der Waals surface area contributed by atoms with Crippen LogP contribution < -0.4 is 15.4 Å². The summed E-state index contributed by atoms with van der Waals surface area (Å²) in [5, 5.41) is 1.13. The molecule has 0 aliphatic carbocycles. The number of ether oxygens (including phenoxy) is 1. The summed E-state index contributed by atoms with van der Waals surface area (Å²) in [4.78, 5) is 24.4. The Balaban J connectivity index is 1.56. The lowest BCUT2D eigenvalue weighted by molar-refractivity contribution is 0.0529. The van der Waals surface area contributed by atoms with Crippen LogP contribution in [0.25, 0.3) is 0 Å². The van der Waals surface area contributed by atoms with E-state index in [9.17, 15) is 4.79 Å². The van der Waals surface area contributed by atoms with Gasteiger partial charge in [-0.25, -0.2) is 0 Å². The molecule has 0 spiro atoms. The number of hydrogen-bond donors (Lipinski definition) is 1. The molecule has 28 heavy (non-hydrogen) atoms. The van der Waals surface area contributed by atoms with E-state index in [2.05, 4.69) is 14.8 Å². The van der Waals surface area contributed by atoms with Crippen LogP contribution in [0.3, 0.4) is 0 Å². The fourth-order valence-electron chi connectivity index (χ4n) is 4.02. The van der Waals surface area contributed by atoms with Gasteiger partial charge in [-0.1, -0.05) is 29.3 Å². The first kappa shape index (κ1) is 19.6. The smallest absolute Gasteiger partial charge is 0.254 e. The van der Waals surface area contributed by atoms with Crippen LogP contribution in [0.2, 0.25) is 10.0 Å². The van der Waals surface area contributed by atoms with Gasteiger partial charge in [0, 0.05) is 31.7 Å². The average Bonchev–Trinajstić information content (AvgIpc) is 3.12. The van der Waals surface area contributed by atoms with Crippen molar-refractivity contribution in [2.24, 2.45) is 0 Å². The molecule has 0 amide bonds. The van der Waals surface area contributed by atoms with Gasteiger partial charge in [0.2, 0.25) is 5.95 Å². The van der Waals surface area contributed by atoms with Crippen molar-refractivity contribution in [1.82, 2.24) is 9.97 Å². The Morgan fingerprint density at radius 2 is 2.11 bits per heavy atom. The third-order valence-corrected chi connectivity index (χ3v) is 6.12. The molecule has 2 fully saturated rings. The summed E-state index contributed by atoms with van der Waals surface area (Å²) < 4.78 is 5.61. The monoisotopic (exact) mass is 422 g/mol. The Labute approximate surface area is 174 Å². The minimum Gasteiger partial charge on any atom is -0.375 e. The van der Waals surface area contributed by atoms with Gasteiger partial charge in [-0.2, -0.15) is 4.98 Å². The molecule has 3 heterocycles. The number of aromatic amines is 1. The Morgan fingerprint density at radius 3 is 2.89 bits per heavy atom. The summed E-state index contributed by atoms with van der Waals surface area (Å²) in [6.07, 6.45) is 3.07. The van der Waals surface area contributed by atoms with Crippen molar-refractivity contribution in [2.75, 3.05) is 36.0 Å². The minimum absolute atomic E-state index is 0.126. The molecule has 0 saturated carbocycles. The number of anilines is 2. The van der Waals surface area contributed by atoms with E-state index in [1.165, 1.54) is 0 Å². The largest absolute Gasteiger partial charge is 0.375 e. The van der Waals surface area contributed by atoms with Crippen molar-refractivity contribution in [3.05, 3.63) is 50.2 Å². The van der Waals surface area contributed by atoms with Gasteiger partial charge in [0.15, 0.2) is 0 Å². The second-order valence-corrected chi connectivity index (χ2v) is 8.31. The van der Waals surface area contributed by atoms with Gasteiger partial charge in [0.1, 0.15) is 5.82 Å². The Hall–Kier alpha value is -1.76. The first-order chi connectivity index (χ1) is 13.5. The number of hydrogen-bond acceptors (Lipinski definition) is 5. The summed E-state index contributed by atoms with van der Waals surface area (Å²) >= 11 is 12.2. The van der Waals surface area contributed by atoms with Crippen LogP contribution in [0.1, 0.15) is 25.3 Å². The quantitative estimate of drug-likeness (QED) is 0.816. The fraction of sp³-hybridized carbons (Fsp3) is 0.500. The van der Waals surface area contributed by atoms with E-state index in [0.717, 1.165) is 44.5 Å². The SMILES string of the molecule is C[C@@H]1CN(c2cc(=O)[nH]c(N3CCC[C@H]3Cc3ccc(Cl)c(Cl)c3)n2)CCO1. The Kier molecular flexibility index (Phi) is 5.80. The minimum atomic E-state index is -0.126. The summed E-state index contributed by atoms with van der Waals surface area (Å²) in [5.74, 6) is 1.36. The average molecular weight is 423 g/mol. The molecular formula is C20H24Cl2N4O2. The van der Waals surface area contributed by atoms with Gasteiger partial charge >= 0.3 is 0 Å². The number of nitrogens with zero attached hydrogens (tertiary/aromatic N) is 3. The molecule has 1 aromatic carbocycles. The molecule has 2 atom stereocenters.